The molecule has 2 rings (SSSR count). The van der Waals surface area contributed by atoms with Gasteiger partial charge < -0.3 is 5.32 Å². The van der Waals surface area contributed by atoms with Crippen molar-refractivity contribution in [2.75, 3.05) is 13.1 Å². The number of sulfonamides is 1. The zero-order chi connectivity index (χ0) is 17.6. The lowest BCUT2D eigenvalue weighted by Crippen LogP contribution is -2.44. The van der Waals surface area contributed by atoms with Gasteiger partial charge in [-0.3, -0.25) is 4.79 Å². The van der Waals surface area contributed by atoms with Crippen molar-refractivity contribution in [3.8, 4) is 0 Å². The smallest absolute Gasteiger partial charge is 0.243 e. The van der Waals surface area contributed by atoms with Gasteiger partial charge in [0.25, 0.3) is 0 Å². The summed E-state index contributed by atoms with van der Waals surface area (Å²) in [5.41, 5.74) is 0. The number of hydrogen-bond acceptors (Lipinski definition) is 3. The van der Waals surface area contributed by atoms with E-state index in [0.717, 1.165) is 25.7 Å². The Morgan fingerprint density at radius 1 is 1.17 bits per heavy atom. The quantitative estimate of drug-likeness (QED) is 0.780. The summed E-state index contributed by atoms with van der Waals surface area (Å²) in [7, 11) is -3.70. The maximum Gasteiger partial charge on any atom is 0.243 e. The Morgan fingerprint density at radius 2 is 1.75 bits per heavy atom. The number of nitrogens with one attached hydrogen (secondary N) is 1. The number of likely N-dealkylation sites (N-methyl/N-ethyl adjacent to an activating group) is 1. The minimum atomic E-state index is -3.70. The summed E-state index contributed by atoms with van der Waals surface area (Å²) in [6.45, 7) is 1.81. The van der Waals surface area contributed by atoms with Crippen LogP contribution in [0.1, 0.15) is 45.4 Å². The average Bonchev–Trinajstić information content (AvgIpc) is 2.81. The topological polar surface area (TPSA) is 66.5 Å². The van der Waals surface area contributed by atoms with Gasteiger partial charge in [-0.15, -0.1) is 0 Å². The highest BCUT2D eigenvalue weighted by Gasteiger charge is 2.26. The molecule has 0 spiro atoms. The van der Waals surface area contributed by atoms with Crippen molar-refractivity contribution in [3.63, 3.8) is 0 Å². The van der Waals surface area contributed by atoms with E-state index in [4.69, 9.17) is 11.6 Å². The van der Waals surface area contributed by atoms with E-state index in [-0.39, 0.29) is 29.9 Å². The molecule has 0 saturated heterocycles. The summed E-state index contributed by atoms with van der Waals surface area (Å²) in [6, 6.07) is 6.16. The maximum atomic E-state index is 12.7. The van der Waals surface area contributed by atoms with Crippen LogP contribution in [0.15, 0.2) is 29.2 Å². The fourth-order valence-corrected chi connectivity index (χ4v) is 4.51. The molecule has 134 valence electrons. The summed E-state index contributed by atoms with van der Waals surface area (Å²) in [5, 5.41) is 3.47. The molecule has 1 aliphatic carbocycles. The molecule has 1 amide bonds. The molecule has 1 aromatic carbocycles. The van der Waals surface area contributed by atoms with Crippen LogP contribution >= 0.6 is 11.6 Å². The summed E-state index contributed by atoms with van der Waals surface area (Å²) in [6.07, 6.45) is 6.59. The Bertz CT molecular complexity index is 638. The van der Waals surface area contributed by atoms with E-state index in [9.17, 15) is 13.2 Å². The molecule has 1 N–H and O–H groups in total. The number of carbonyl (C=O) groups is 1. The Morgan fingerprint density at radius 3 is 2.29 bits per heavy atom. The van der Waals surface area contributed by atoms with E-state index in [1.807, 2.05) is 0 Å². The van der Waals surface area contributed by atoms with E-state index in [0.29, 0.717) is 5.02 Å². The number of carbonyl (C=O) groups excluding carboxylic acids is 1. The monoisotopic (exact) mass is 372 g/mol. The molecule has 0 bridgehead atoms. The van der Waals surface area contributed by atoms with Gasteiger partial charge >= 0.3 is 0 Å². The molecule has 0 aliphatic heterocycles. The molecule has 0 aromatic heterocycles. The van der Waals surface area contributed by atoms with Gasteiger partial charge in [0.2, 0.25) is 15.9 Å². The van der Waals surface area contributed by atoms with Crippen molar-refractivity contribution < 1.29 is 13.2 Å². The summed E-state index contributed by atoms with van der Waals surface area (Å²) >= 11 is 5.81. The molecule has 1 aliphatic rings. The zero-order valence-corrected chi connectivity index (χ0v) is 15.6. The molecule has 24 heavy (non-hydrogen) atoms. The third-order valence-electron chi connectivity index (χ3n) is 4.34. The van der Waals surface area contributed by atoms with Gasteiger partial charge in [-0.1, -0.05) is 44.2 Å². The number of nitrogens with zero attached hydrogens (tertiary/aromatic N) is 1. The van der Waals surface area contributed by atoms with E-state index in [1.54, 1.807) is 6.92 Å². The molecule has 0 radical (unpaired) electrons. The van der Waals surface area contributed by atoms with Gasteiger partial charge in [0, 0.05) is 17.6 Å². The lowest BCUT2D eigenvalue weighted by atomic mass is 10.1. The van der Waals surface area contributed by atoms with E-state index >= 15 is 0 Å². The highest BCUT2D eigenvalue weighted by Crippen LogP contribution is 2.19. The van der Waals surface area contributed by atoms with Crippen molar-refractivity contribution in [3.05, 3.63) is 29.3 Å². The van der Waals surface area contributed by atoms with E-state index in [2.05, 4.69) is 5.32 Å². The van der Waals surface area contributed by atoms with Crippen molar-refractivity contribution in [2.45, 2.75) is 56.4 Å². The largest absolute Gasteiger partial charge is 0.352 e. The van der Waals surface area contributed by atoms with Crippen LogP contribution in [0.25, 0.3) is 0 Å². The summed E-state index contributed by atoms with van der Waals surface area (Å²) < 4.78 is 26.5. The lowest BCUT2D eigenvalue weighted by molar-refractivity contribution is -0.122. The van der Waals surface area contributed by atoms with Gasteiger partial charge in [-0.2, -0.15) is 4.31 Å². The van der Waals surface area contributed by atoms with Crippen molar-refractivity contribution in [1.82, 2.24) is 9.62 Å². The summed E-state index contributed by atoms with van der Waals surface area (Å²) in [5.74, 6) is -0.235. The maximum absolute atomic E-state index is 12.7. The second-order valence-electron chi connectivity index (χ2n) is 6.14. The van der Waals surface area contributed by atoms with Gasteiger partial charge in [-0.25, -0.2) is 8.42 Å². The van der Waals surface area contributed by atoms with Crippen molar-refractivity contribution in [2.24, 2.45) is 0 Å². The Kier molecular flexibility index (Phi) is 7.07. The SMILES string of the molecule is CCN(CC(=O)NC1CCCCCC1)S(=O)(=O)c1ccc(Cl)cc1. The number of amides is 1. The number of benzene rings is 1. The van der Waals surface area contributed by atoms with E-state index in [1.165, 1.54) is 41.4 Å². The first-order valence-corrected chi connectivity index (χ1v) is 10.3. The van der Waals surface area contributed by atoms with Crippen LogP contribution in [0.2, 0.25) is 5.02 Å². The Balaban J connectivity index is 2.02. The first-order valence-electron chi connectivity index (χ1n) is 8.48. The van der Waals surface area contributed by atoms with Crippen LogP contribution in [-0.4, -0.2) is 37.8 Å². The molecule has 5 nitrogen and oxygen atoms in total. The van der Waals surface area contributed by atoms with Gasteiger partial charge in [0.1, 0.15) is 0 Å². The van der Waals surface area contributed by atoms with Crippen LogP contribution < -0.4 is 5.32 Å². The van der Waals surface area contributed by atoms with Crippen LogP contribution in [0.5, 0.6) is 0 Å². The van der Waals surface area contributed by atoms with Gasteiger partial charge in [-0.05, 0) is 37.1 Å². The fraction of sp³-hybridized carbons (Fsp3) is 0.588. The first-order chi connectivity index (χ1) is 11.4. The zero-order valence-electron chi connectivity index (χ0n) is 14.0. The molecular formula is C17H25ClN2O3S. The van der Waals surface area contributed by atoms with Crippen molar-refractivity contribution >= 4 is 27.5 Å². The molecule has 7 heteroatoms. The van der Waals surface area contributed by atoms with Crippen LogP contribution in [0, 0.1) is 0 Å². The molecule has 1 fully saturated rings. The van der Waals surface area contributed by atoms with Crippen LogP contribution in [0.4, 0.5) is 0 Å². The number of rotatable bonds is 6. The van der Waals surface area contributed by atoms with Crippen LogP contribution in [-0.2, 0) is 14.8 Å². The predicted molar refractivity (Wildman–Crippen MR) is 95.5 cm³/mol. The second kappa shape index (κ2) is 8.83. The number of halogens is 1. The minimum Gasteiger partial charge on any atom is -0.352 e. The predicted octanol–water partition coefficient (Wildman–Crippen LogP) is 3.19. The lowest BCUT2D eigenvalue weighted by Gasteiger charge is -2.22. The van der Waals surface area contributed by atoms with Crippen LogP contribution in [0.3, 0.4) is 0 Å². The molecule has 0 atom stereocenters. The fourth-order valence-electron chi connectivity index (χ4n) is 2.98. The molecule has 1 saturated carbocycles. The molecule has 1 aromatic rings. The minimum absolute atomic E-state index is 0.149. The molecular weight excluding hydrogens is 348 g/mol. The van der Waals surface area contributed by atoms with Crippen molar-refractivity contribution in [1.29, 1.82) is 0 Å². The second-order valence-corrected chi connectivity index (χ2v) is 8.52. The molecule has 0 unspecified atom stereocenters. The normalized spacial score (nSPS) is 16.8. The van der Waals surface area contributed by atoms with Gasteiger partial charge in [0.15, 0.2) is 0 Å². The number of hydrogen-bond donors (Lipinski definition) is 1. The Labute approximate surface area is 149 Å². The highest BCUT2D eigenvalue weighted by atomic mass is 35.5. The Hall–Kier alpha value is -1.11. The average molecular weight is 373 g/mol. The molecule has 0 heterocycles. The van der Waals surface area contributed by atoms with E-state index < -0.39 is 10.0 Å². The highest BCUT2D eigenvalue weighted by molar-refractivity contribution is 7.89. The third-order valence-corrected chi connectivity index (χ3v) is 6.53. The summed E-state index contributed by atoms with van der Waals surface area (Å²) in [4.78, 5) is 12.4. The van der Waals surface area contributed by atoms with Gasteiger partial charge in [0.05, 0.1) is 11.4 Å². The third kappa shape index (κ3) is 5.19. The standard InChI is InChI=1S/C17H25ClN2O3S/c1-2-20(24(22,23)16-11-9-14(18)10-12-16)13-17(21)19-15-7-5-3-4-6-8-15/h9-12,15H,2-8,13H2,1H3,(H,19,21). The first kappa shape index (κ1) is 19.2.